The molecular weight excluding hydrogens is 194 g/mol. The summed E-state index contributed by atoms with van der Waals surface area (Å²) >= 11 is 0. The van der Waals surface area contributed by atoms with Gasteiger partial charge >= 0.3 is 0 Å². The van der Waals surface area contributed by atoms with Crippen molar-refractivity contribution in [3.63, 3.8) is 0 Å². The molecule has 0 radical (unpaired) electrons. The molecular formula is C10H7N3O2. The van der Waals surface area contributed by atoms with E-state index >= 15 is 0 Å². The van der Waals surface area contributed by atoms with Crippen molar-refractivity contribution in [2.24, 2.45) is 0 Å². The third kappa shape index (κ3) is 1.79. The fourth-order valence-electron chi connectivity index (χ4n) is 1.21. The minimum Gasteiger partial charge on any atom is -0.497 e. The van der Waals surface area contributed by atoms with E-state index in [0.29, 0.717) is 22.8 Å². The first-order valence-electron chi connectivity index (χ1n) is 4.19. The Morgan fingerprint density at radius 2 is 2.27 bits per heavy atom. The Labute approximate surface area is 85.9 Å². The molecule has 5 heteroatoms. The van der Waals surface area contributed by atoms with Gasteiger partial charge in [0, 0.05) is 5.56 Å². The Bertz CT molecular complexity index is 500. The summed E-state index contributed by atoms with van der Waals surface area (Å²) in [6, 6.07) is 7.07. The van der Waals surface area contributed by atoms with Crippen LogP contribution in [0.4, 0.5) is 0 Å². The summed E-state index contributed by atoms with van der Waals surface area (Å²) in [5.74, 6) is 0.952. The lowest BCUT2D eigenvalue weighted by molar-refractivity contribution is 0.413. The van der Waals surface area contributed by atoms with E-state index in [1.54, 1.807) is 18.2 Å². The Morgan fingerprint density at radius 3 is 2.87 bits per heavy atom. The molecule has 2 rings (SSSR count). The lowest BCUT2D eigenvalue weighted by Gasteiger charge is -2.01. The predicted octanol–water partition coefficient (Wildman–Crippen LogP) is 1.62. The summed E-state index contributed by atoms with van der Waals surface area (Å²) in [7, 11) is 1.54. The van der Waals surface area contributed by atoms with Gasteiger partial charge in [0.25, 0.3) is 5.89 Å². The van der Waals surface area contributed by atoms with E-state index in [1.807, 2.05) is 6.07 Å². The van der Waals surface area contributed by atoms with E-state index in [-0.39, 0.29) is 0 Å². The summed E-state index contributed by atoms with van der Waals surface area (Å²) in [4.78, 5) is 3.89. The number of methoxy groups -OCH3 is 1. The van der Waals surface area contributed by atoms with Gasteiger partial charge in [-0.3, -0.25) is 0 Å². The van der Waals surface area contributed by atoms with Crippen LogP contribution in [0.3, 0.4) is 0 Å². The molecule has 2 aromatic rings. The average Bonchev–Trinajstić information content (AvgIpc) is 2.81. The van der Waals surface area contributed by atoms with Crippen LogP contribution < -0.4 is 4.74 Å². The van der Waals surface area contributed by atoms with E-state index in [2.05, 4.69) is 10.1 Å². The van der Waals surface area contributed by atoms with Crippen molar-refractivity contribution in [3.05, 3.63) is 30.1 Å². The summed E-state index contributed by atoms with van der Waals surface area (Å²) in [6.07, 6.45) is 1.31. The van der Waals surface area contributed by atoms with Gasteiger partial charge in [0.1, 0.15) is 5.75 Å². The van der Waals surface area contributed by atoms with E-state index < -0.39 is 0 Å². The maximum atomic E-state index is 8.81. The zero-order valence-electron chi connectivity index (χ0n) is 7.97. The molecule has 0 bridgehead atoms. The Kier molecular flexibility index (Phi) is 2.33. The van der Waals surface area contributed by atoms with Gasteiger partial charge in [-0.25, -0.2) is 0 Å². The number of rotatable bonds is 2. The zero-order valence-corrected chi connectivity index (χ0v) is 7.97. The van der Waals surface area contributed by atoms with Gasteiger partial charge in [-0.2, -0.15) is 10.2 Å². The van der Waals surface area contributed by atoms with Crippen molar-refractivity contribution in [1.29, 1.82) is 5.26 Å². The number of ether oxygens (including phenoxy) is 1. The molecule has 0 atom stereocenters. The normalized spacial score (nSPS) is 9.60. The van der Waals surface area contributed by atoms with E-state index in [4.69, 9.17) is 14.5 Å². The van der Waals surface area contributed by atoms with Crippen LogP contribution in [0.2, 0.25) is 0 Å². The topological polar surface area (TPSA) is 71.9 Å². The van der Waals surface area contributed by atoms with Crippen LogP contribution in [0.5, 0.6) is 5.75 Å². The summed E-state index contributed by atoms with van der Waals surface area (Å²) in [5.41, 5.74) is 1.16. The highest BCUT2D eigenvalue weighted by molar-refractivity contribution is 5.59. The largest absolute Gasteiger partial charge is 0.497 e. The highest BCUT2D eigenvalue weighted by atomic mass is 16.5. The van der Waals surface area contributed by atoms with Crippen molar-refractivity contribution in [3.8, 4) is 23.3 Å². The molecule has 15 heavy (non-hydrogen) atoms. The lowest BCUT2D eigenvalue weighted by Crippen LogP contribution is -1.86. The third-order valence-electron chi connectivity index (χ3n) is 1.88. The van der Waals surface area contributed by atoms with Crippen LogP contribution in [0.1, 0.15) is 5.56 Å². The van der Waals surface area contributed by atoms with Gasteiger partial charge < -0.3 is 9.26 Å². The van der Waals surface area contributed by atoms with Gasteiger partial charge in [-0.05, 0) is 18.2 Å². The lowest BCUT2D eigenvalue weighted by atomic mass is 10.1. The Morgan fingerprint density at radius 1 is 1.40 bits per heavy atom. The maximum absolute atomic E-state index is 8.81. The summed E-state index contributed by atoms with van der Waals surface area (Å²) in [6.45, 7) is 0. The second kappa shape index (κ2) is 3.80. The third-order valence-corrected chi connectivity index (χ3v) is 1.88. The molecule has 0 aliphatic carbocycles. The first-order valence-corrected chi connectivity index (χ1v) is 4.19. The molecule has 1 aromatic carbocycles. The quantitative estimate of drug-likeness (QED) is 0.738. The van der Waals surface area contributed by atoms with E-state index in [0.717, 1.165) is 0 Å². The Hall–Kier alpha value is -2.35. The van der Waals surface area contributed by atoms with Gasteiger partial charge in [-0.1, -0.05) is 5.16 Å². The van der Waals surface area contributed by atoms with Crippen LogP contribution in [0.15, 0.2) is 29.0 Å². The monoisotopic (exact) mass is 201 g/mol. The molecule has 0 N–H and O–H groups in total. The second-order valence-electron chi connectivity index (χ2n) is 2.81. The molecule has 0 fully saturated rings. The summed E-state index contributed by atoms with van der Waals surface area (Å²) < 4.78 is 9.95. The number of nitrogens with zero attached hydrogens (tertiary/aromatic N) is 3. The van der Waals surface area contributed by atoms with Gasteiger partial charge in [0.05, 0.1) is 18.7 Å². The molecule has 0 saturated heterocycles. The number of hydrogen-bond donors (Lipinski definition) is 0. The van der Waals surface area contributed by atoms with Crippen LogP contribution >= 0.6 is 0 Å². The number of benzene rings is 1. The van der Waals surface area contributed by atoms with Crippen LogP contribution in [0, 0.1) is 11.3 Å². The molecule has 0 saturated carbocycles. The predicted molar refractivity (Wildman–Crippen MR) is 51.0 cm³/mol. The standard InChI is InChI=1S/C10H7N3O2/c1-14-9-3-7(5-11)2-8(4-9)10-12-6-13-15-10/h2-4,6H,1H3. The summed E-state index contributed by atoms with van der Waals surface area (Å²) in [5, 5.41) is 12.3. The fourth-order valence-corrected chi connectivity index (χ4v) is 1.21. The molecule has 0 unspecified atom stereocenters. The Balaban J connectivity index is 2.53. The smallest absolute Gasteiger partial charge is 0.257 e. The minimum atomic E-state index is 0.366. The highest BCUT2D eigenvalue weighted by Gasteiger charge is 2.07. The molecule has 1 aromatic heterocycles. The molecule has 74 valence electrons. The van der Waals surface area contributed by atoms with E-state index in [9.17, 15) is 0 Å². The molecule has 1 heterocycles. The zero-order chi connectivity index (χ0) is 10.7. The number of hydrogen-bond acceptors (Lipinski definition) is 5. The second-order valence-corrected chi connectivity index (χ2v) is 2.81. The minimum absolute atomic E-state index is 0.366. The first kappa shape index (κ1) is 9.21. The average molecular weight is 201 g/mol. The first-order chi connectivity index (χ1) is 7.33. The van der Waals surface area contributed by atoms with Gasteiger partial charge in [-0.15, -0.1) is 0 Å². The van der Waals surface area contributed by atoms with Crippen LogP contribution in [-0.4, -0.2) is 17.3 Å². The SMILES string of the molecule is COc1cc(C#N)cc(-c2ncno2)c1. The fraction of sp³-hybridized carbons (Fsp3) is 0.100. The van der Waals surface area contributed by atoms with Crippen molar-refractivity contribution in [2.45, 2.75) is 0 Å². The highest BCUT2D eigenvalue weighted by Crippen LogP contribution is 2.23. The van der Waals surface area contributed by atoms with E-state index in [1.165, 1.54) is 13.4 Å². The maximum Gasteiger partial charge on any atom is 0.257 e. The van der Waals surface area contributed by atoms with Crippen molar-refractivity contribution in [1.82, 2.24) is 10.1 Å². The molecule has 0 spiro atoms. The van der Waals surface area contributed by atoms with Crippen molar-refractivity contribution >= 4 is 0 Å². The molecule has 0 aliphatic heterocycles. The number of aromatic nitrogens is 2. The van der Waals surface area contributed by atoms with Crippen molar-refractivity contribution < 1.29 is 9.26 Å². The van der Waals surface area contributed by atoms with Crippen molar-refractivity contribution in [2.75, 3.05) is 7.11 Å². The molecule has 5 nitrogen and oxygen atoms in total. The van der Waals surface area contributed by atoms with Crippen LogP contribution in [-0.2, 0) is 0 Å². The molecule has 0 aliphatic rings. The molecule has 0 amide bonds. The number of nitriles is 1. The van der Waals surface area contributed by atoms with Gasteiger partial charge in [0.2, 0.25) is 0 Å². The van der Waals surface area contributed by atoms with Crippen LogP contribution in [0.25, 0.3) is 11.5 Å². The van der Waals surface area contributed by atoms with Gasteiger partial charge in [0.15, 0.2) is 6.33 Å².